The molecule has 0 unspecified atom stereocenters. The van der Waals surface area contributed by atoms with Crippen molar-refractivity contribution in [2.45, 2.75) is 19.4 Å². The van der Waals surface area contributed by atoms with Crippen LogP contribution in [0.2, 0.25) is 0 Å². The van der Waals surface area contributed by atoms with E-state index in [1.165, 1.54) is 12.1 Å². The normalized spacial score (nSPS) is 10.4. The van der Waals surface area contributed by atoms with Crippen molar-refractivity contribution < 1.29 is 18.7 Å². The first-order valence-corrected chi connectivity index (χ1v) is 8.90. The molecule has 0 aliphatic carbocycles. The largest absolute Gasteiger partial charge is 0.489 e. The zero-order chi connectivity index (χ0) is 18.9. The molecule has 0 aromatic heterocycles. The molecule has 0 saturated carbocycles. The Labute approximate surface area is 158 Å². The number of halogens is 1. The van der Waals surface area contributed by atoms with E-state index in [0.29, 0.717) is 30.8 Å². The molecule has 0 aliphatic heterocycles. The lowest BCUT2D eigenvalue weighted by Gasteiger charge is -2.12. The molecule has 0 heterocycles. The van der Waals surface area contributed by atoms with E-state index in [1.54, 1.807) is 30.3 Å². The van der Waals surface area contributed by atoms with Gasteiger partial charge in [0.15, 0.2) is 0 Å². The number of ether oxygens (including phenoxy) is 2. The summed E-state index contributed by atoms with van der Waals surface area (Å²) in [4.78, 5) is 11.9. The molecular weight excluding hydrogens is 343 g/mol. The van der Waals surface area contributed by atoms with Crippen LogP contribution in [0.4, 0.5) is 4.39 Å². The zero-order valence-corrected chi connectivity index (χ0v) is 14.9. The van der Waals surface area contributed by atoms with E-state index >= 15 is 0 Å². The maximum Gasteiger partial charge on any atom is 0.338 e. The topological polar surface area (TPSA) is 35.5 Å². The van der Waals surface area contributed by atoms with Crippen LogP contribution >= 0.6 is 0 Å². The molecular formula is C23H21FO3. The molecule has 3 nitrogen and oxygen atoms in total. The molecule has 0 bridgehead atoms. The predicted molar refractivity (Wildman–Crippen MR) is 102 cm³/mol. The Morgan fingerprint density at radius 3 is 2.33 bits per heavy atom. The molecule has 0 aliphatic rings. The van der Waals surface area contributed by atoms with E-state index in [0.717, 1.165) is 11.1 Å². The second kappa shape index (κ2) is 9.53. The highest BCUT2D eigenvalue weighted by molar-refractivity contribution is 5.89. The van der Waals surface area contributed by atoms with Crippen LogP contribution in [0.1, 0.15) is 27.9 Å². The van der Waals surface area contributed by atoms with E-state index in [4.69, 9.17) is 9.47 Å². The van der Waals surface area contributed by atoms with Gasteiger partial charge in [-0.05, 0) is 54.3 Å². The van der Waals surface area contributed by atoms with Crippen molar-refractivity contribution in [1.29, 1.82) is 0 Å². The molecule has 4 heteroatoms. The second-order valence-electron chi connectivity index (χ2n) is 6.13. The lowest BCUT2D eigenvalue weighted by molar-refractivity contribution is 0.0500. The number of carbonyl (C=O) groups is 1. The molecule has 0 fully saturated rings. The first-order chi connectivity index (χ1) is 13.2. The Hall–Kier alpha value is -3.14. The Balaban J connectivity index is 1.53. The smallest absolute Gasteiger partial charge is 0.338 e. The Morgan fingerprint density at radius 2 is 1.59 bits per heavy atom. The molecule has 3 aromatic rings. The summed E-state index contributed by atoms with van der Waals surface area (Å²) in [6, 6.07) is 23.2. The van der Waals surface area contributed by atoms with E-state index in [2.05, 4.69) is 0 Å². The highest BCUT2D eigenvalue weighted by Crippen LogP contribution is 2.22. The van der Waals surface area contributed by atoms with Gasteiger partial charge in [-0.15, -0.1) is 0 Å². The van der Waals surface area contributed by atoms with Crippen molar-refractivity contribution in [2.75, 3.05) is 6.61 Å². The maximum absolute atomic E-state index is 13.6. The van der Waals surface area contributed by atoms with E-state index in [9.17, 15) is 9.18 Å². The number of hydrogen-bond acceptors (Lipinski definition) is 3. The van der Waals surface area contributed by atoms with Crippen molar-refractivity contribution in [3.05, 3.63) is 101 Å². The molecule has 0 saturated heterocycles. The van der Waals surface area contributed by atoms with E-state index in [-0.39, 0.29) is 18.4 Å². The van der Waals surface area contributed by atoms with Crippen LogP contribution in [0.15, 0.2) is 78.9 Å². The van der Waals surface area contributed by atoms with Crippen molar-refractivity contribution >= 4 is 5.97 Å². The Bertz CT molecular complexity index is 863. The fourth-order valence-corrected chi connectivity index (χ4v) is 2.70. The van der Waals surface area contributed by atoms with Gasteiger partial charge in [0.2, 0.25) is 0 Å². The molecule has 0 spiro atoms. The van der Waals surface area contributed by atoms with E-state index in [1.807, 2.05) is 36.4 Å². The van der Waals surface area contributed by atoms with Crippen molar-refractivity contribution in [2.24, 2.45) is 0 Å². The lowest BCUT2D eigenvalue weighted by atomic mass is 10.1. The molecule has 0 N–H and O–H groups in total. The summed E-state index contributed by atoms with van der Waals surface area (Å²) in [5.41, 5.74) is 2.33. The van der Waals surface area contributed by atoms with Gasteiger partial charge >= 0.3 is 5.97 Å². The fraction of sp³-hybridized carbons (Fsp3) is 0.174. The van der Waals surface area contributed by atoms with Gasteiger partial charge in [-0.2, -0.15) is 0 Å². The highest BCUT2D eigenvalue weighted by Gasteiger charge is 2.09. The number of rotatable bonds is 8. The molecule has 27 heavy (non-hydrogen) atoms. The SMILES string of the molecule is O=C(OCCCc1cc(F)ccc1OCc1ccccc1)c1ccccc1. The first kappa shape index (κ1) is 18.6. The van der Waals surface area contributed by atoms with Gasteiger partial charge in [0.25, 0.3) is 0 Å². The average molecular weight is 364 g/mol. The Morgan fingerprint density at radius 1 is 0.889 bits per heavy atom. The fourth-order valence-electron chi connectivity index (χ4n) is 2.70. The van der Waals surface area contributed by atoms with Gasteiger partial charge in [-0.3, -0.25) is 0 Å². The van der Waals surface area contributed by atoms with Gasteiger partial charge < -0.3 is 9.47 Å². The average Bonchev–Trinajstić information content (AvgIpc) is 2.72. The van der Waals surface area contributed by atoms with Crippen molar-refractivity contribution in [1.82, 2.24) is 0 Å². The van der Waals surface area contributed by atoms with Gasteiger partial charge in [0, 0.05) is 0 Å². The number of esters is 1. The monoisotopic (exact) mass is 364 g/mol. The van der Waals surface area contributed by atoms with Crippen molar-refractivity contribution in [3.63, 3.8) is 0 Å². The quantitative estimate of drug-likeness (QED) is 0.407. The minimum Gasteiger partial charge on any atom is -0.489 e. The third kappa shape index (κ3) is 5.68. The summed E-state index contributed by atoms with van der Waals surface area (Å²) >= 11 is 0. The van der Waals surface area contributed by atoms with Gasteiger partial charge in [-0.25, -0.2) is 9.18 Å². The molecule has 3 rings (SSSR count). The van der Waals surface area contributed by atoms with Crippen LogP contribution in [0, 0.1) is 5.82 Å². The summed E-state index contributed by atoms with van der Waals surface area (Å²) in [5.74, 6) is -0.0108. The number of carbonyl (C=O) groups excluding carboxylic acids is 1. The summed E-state index contributed by atoms with van der Waals surface area (Å²) in [6.45, 7) is 0.685. The molecule has 0 radical (unpaired) electrons. The van der Waals surface area contributed by atoms with Crippen LogP contribution in [0.25, 0.3) is 0 Å². The number of aryl methyl sites for hydroxylation is 1. The molecule has 0 atom stereocenters. The summed E-state index contributed by atoms with van der Waals surface area (Å²) in [6.07, 6.45) is 1.15. The summed E-state index contributed by atoms with van der Waals surface area (Å²) in [5, 5.41) is 0. The molecule has 138 valence electrons. The zero-order valence-electron chi connectivity index (χ0n) is 14.9. The van der Waals surface area contributed by atoms with E-state index < -0.39 is 0 Å². The molecule has 3 aromatic carbocycles. The van der Waals surface area contributed by atoms with Crippen LogP contribution in [0.3, 0.4) is 0 Å². The number of benzene rings is 3. The van der Waals surface area contributed by atoms with Crippen LogP contribution in [-0.2, 0) is 17.8 Å². The van der Waals surface area contributed by atoms with Crippen LogP contribution in [0.5, 0.6) is 5.75 Å². The minimum absolute atomic E-state index is 0.266. The predicted octanol–water partition coefficient (Wildman–Crippen LogP) is 5.19. The third-order valence-corrected chi connectivity index (χ3v) is 4.09. The molecule has 0 amide bonds. The van der Waals surface area contributed by atoms with Gasteiger partial charge in [0.05, 0.1) is 12.2 Å². The second-order valence-corrected chi connectivity index (χ2v) is 6.13. The minimum atomic E-state index is -0.351. The van der Waals surface area contributed by atoms with Gasteiger partial charge in [0.1, 0.15) is 18.2 Å². The Kier molecular flexibility index (Phi) is 6.58. The standard InChI is InChI=1S/C23H21FO3/c24-21-13-14-22(27-17-18-8-3-1-4-9-18)20(16-21)12-7-15-26-23(25)19-10-5-2-6-11-19/h1-6,8-11,13-14,16H,7,12,15,17H2. The van der Waals surface area contributed by atoms with Crippen molar-refractivity contribution in [3.8, 4) is 5.75 Å². The highest BCUT2D eigenvalue weighted by atomic mass is 19.1. The van der Waals surface area contributed by atoms with Crippen LogP contribution in [-0.4, -0.2) is 12.6 Å². The summed E-state index contributed by atoms with van der Waals surface area (Å²) in [7, 11) is 0. The third-order valence-electron chi connectivity index (χ3n) is 4.09. The maximum atomic E-state index is 13.6. The van der Waals surface area contributed by atoms with Crippen LogP contribution < -0.4 is 4.74 Å². The van der Waals surface area contributed by atoms with Gasteiger partial charge in [-0.1, -0.05) is 48.5 Å². The summed E-state index contributed by atoms with van der Waals surface area (Å²) < 4.78 is 24.8. The lowest BCUT2D eigenvalue weighted by Crippen LogP contribution is -2.07. The number of hydrogen-bond donors (Lipinski definition) is 0. The first-order valence-electron chi connectivity index (χ1n) is 8.90.